The highest BCUT2D eigenvalue weighted by Crippen LogP contribution is 2.51. The number of anilines is 1. The molecule has 2 heterocycles. The molecular weight excluding hydrogens is 282 g/mol. The molecule has 0 radical (unpaired) electrons. The van der Waals surface area contributed by atoms with Gasteiger partial charge in [-0.15, -0.1) is 11.3 Å². The van der Waals surface area contributed by atoms with E-state index in [0.717, 1.165) is 28.0 Å². The summed E-state index contributed by atoms with van der Waals surface area (Å²) in [5.41, 5.74) is 8.95. The molecule has 1 atom stereocenters. The Hall–Kier alpha value is -1.62. The van der Waals surface area contributed by atoms with E-state index in [-0.39, 0.29) is 5.91 Å². The first-order valence-corrected chi connectivity index (χ1v) is 8.05. The first-order valence-electron chi connectivity index (χ1n) is 7.24. The number of nitrogen functional groups attached to an aromatic ring is 1. The lowest BCUT2D eigenvalue weighted by atomic mass is 10.1. The smallest absolute Gasteiger partial charge is 0.263 e. The number of nitrogens with two attached hydrogens (primary N) is 1. The Kier molecular flexibility index (Phi) is 3.20. The summed E-state index contributed by atoms with van der Waals surface area (Å²) in [4.78, 5) is 17.4. The summed E-state index contributed by atoms with van der Waals surface area (Å²) >= 11 is 1.46. The van der Waals surface area contributed by atoms with Gasteiger partial charge in [0.1, 0.15) is 4.88 Å². The second kappa shape index (κ2) is 4.70. The molecule has 0 spiro atoms. The Morgan fingerprint density at radius 1 is 1.52 bits per heavy atom. The van der Waals surface area contributed by atoms with Gasteiger partial charge in [-0.2, -0.15) is 0 Å². The zero-order valence-corrected chi connectivity index (χ0v) is 13.7. The molecule has 1 aliphatic carbocycles. The van der Waals surface area contributed by atoms with Gasteiger partial charge < -0.3 is 11.1 Å². The van der Waals surface area contributed by atoms with Crippen LogP contribution in [0.5, 0.6) is 0 Å². The van der Waals surface area contributed by atoms with Gasteiger partial charge in [0.15, 0.2) is 0 Å². The summed E-state index contributed by atoms with van der Waals surface area (Å²) in [7, 11) is 0. The molecule has 4 nitrogen and oxygen atoms in total. The number of aryl methyl sites for hydroxylation is 2. The number of hydrogen-bond acceptors (Lipinski definition) is 4. The highest BCUT2D eigenvalue weighted by atomic mass is 32.1. The minimum absolute atomic E-state index is 0.0616. The Morgan fingerprint density at radius 2 is 2.19 bits per heavy atom. The SMILES string of the molecule is Cc1cc2sc(C(=O)NCC3CC3(C)C)c(N)c2c(C)n1. The molecular formula is C16H21N3OS. The molecule has 1 fully saturated rings. The van der Waals surface area contributed by atoms with E-state index in [4.69, 9.17) is 5.73 Å². The van der Waals surface area contributed by atoms with Gasteiger partial charge in [0, 0.05) is 28.0 Å². The number of hydrogen-bond donors (Lipinski definition) is 2. The van der Waals surface area contributed by atoms with Crippen LogP contribution >= 0.6 is 11.3 Å². The molecule has 1 aliphatic rings. The molecule has 21 heavy (non-hydrogen) atoms. The van der Waals surface area contributed by atoms with Crippen LogP contribution in [0.1, 0.15) is 41.3 Å². The lowest BCUT2D eigenvalue weighted by Gasteiger charge is -2.06. The number of carbonyl (C=O) groups excluding carboxylic acids is 1. The van der Waals surface area contributed by atoms with Gasteiger partial charge in [0.25, 0.3) is 5.91 Å². The maximum Gasteiger partial charge on any atom is 0.263 e. The highest BCUT2D eigenvalue weighted by molar-refractivity contribution is 7.21. The van der Waals surface area contributed by atoms with Crippen LogP contribution in [0.25, 0.3) is 10.1 Å². The van der Waals surface area contributed by atoms with Crippen molar-refractivity contribution < 1.29 is 4.79 Å². The van der Waals surface area contributed by atoms with Crippen molar-refractivity contribution in [3.05, 3.63) is 22.3 Å². The predicted octanol–water partition coefficient (Wildman–Crippen LogP) is 3.27. The van der Waals surface area contributed by atoms with Crippen LogP contribution in [0.3, 0.4) is 0 Å². The van der Waals surface area contributed by atoms with Crippen LogP contribution in [-0.4, -0.2) is 17.4 Å². The van der Waals surface area contributed by atoms with E-state index in [1.165, 1.54) is 17.8 Å². The fraction of sp³-hybridized carbons (Fsp3) is 0.500. The average molecular weight is 303 g/mol. The number of fused-ring (bicyclic) bond motifs is 1. The normalized spacial score (nSPS) is 19.7. The van der Waals surface area contributed by atoms with Crippen LogP contribution in [0.4, 0.5) is 5.69 Å². The number of carbonyl (C=O) groups is 1. The number of nitrogens with one attached hydrogen (secondary N) is 1. The lowest BCUT2D eigenvalue weighted by Crippen LogP contribution is -2.26. The van der Waals surface area contributed by atoms with Gasteiger partial charge in [-0.3, -0.25) is 9.78 Å². The molecule has 0 aromatic carbocycles. The van der Waals surface area contributed by atoms with E-state index in [9.17, 15) is 4.79 Å². The fourth-order valence-electron chi connectivity index (χ4n) is 2.87. The molecule has 0 saturated heterocycles. The number of aromatic nitrogens is 1. The van der Waals surface area contributed by atoms with E-state index in [1.54, 1.807) is 0 Å². The van der Waals surface area contributed by atoms with Crippen LogP contribution in [0.2, 0.25) is 0 Å². The molecule has 1 unspecified atom stereocenters. The van der Waals surface area contributed by atoms with E-state index >= 15 is 0 Å². The van der Waals surface area contributed by atoms with Gasteiger partial charge >= 0.3 is 0 Å². The van der Waals surface area contributed by atoms with Crippen LogP contribution in [0, 0.1) is 25.2 Å². The maximum atomic E-state index is 12.4. The number of amides is 1. The van der Waals surface area contributed by atoms with Crippen molar-refractivity contribution in [2.45, 2.75) is 34.1 Å². The standard InChI is InChI=1S/C16H21N3OS/c1-8-5-11-12(9(2)19-8)13(17)14(21-11)15(20)18-7-10-6-16(10,3)4/h5,10H,6-7,17H2,1-4H3,(H,18,20). The summed E-state index contributed by atoms with van der Waals surface area (Å²) in [5.74, 6) is 0.524. The Morgan fingerprint density at radius 3 is 2.81 bits per heavy atom. The van der Waals surface area contributed by atoms with Gasteiger partial charge in [-0.05, 0) is 37.7 Å². The number of thiophene rings is 1. The molecule has 0 aliphatic heterocycles. The molecule has 3 rings (SSSR count). The molecule has 1 saturated carbocycles. The third kappa shape index (κ3) is 2.50. The molecule has 5 heteroatoms. The minimum atomic E-state index is -0.0616. The lowest BCUT2D eigenvalue weighted by molar-refractivity contribution is 0.0955. The van der Waals surface area contributed by atoms with Gasteiger partial charge in [-0.1, -0.05) is 13.8 Å². The summed E-state index contributed by atoms with van der Waals surface area (Å²) in [5, 5.41) is 3.94. The summed E-state index contributed by atoms with van der Waals surface area (Å²) in [6.07, 6.45) is 1.18. The van der Waals surface area contributed by atoms with Crippen molar-refractivity contribution in [1.82, 2.24) is 10.3 Å². The number of rotatable bonds is 3. The quantitative estimate of drug-likeness (QED) is 0.914. The highest BCUT2D eigenvalue weighted by Gasteiger charge is 2.45. The predicted molar refractivity (Wildman–Crippen MR) is 87.7 cm³/mol. The van der Waals surface area contributed by atoms with Crippen molar-refractivity contribution in [2.24, 2.45) is 11.3 Å². The Labute approximate surface area is 128 Å². The van der Waals surface area contributed by atoms with Gasteiger partial charge in [0.05, 0.1) is 5.69 Å². The molecule has 1 amide bonds. The van der Waals surface area contributed by atoms with E-state index in [2.05, 4.69) is 24.1 Å². The first kappa shape index (κ1) is 14.3. The third-order valence-corrected chi connectivity index (χ3v) is 5.60. The van der Waals surface area contributed by atoms with Gasteiger partial charge in [0.2, 0.25) is 0 Å². The number of pyridine rings is 1. The second-order valence-corrected chi connectivity index (χ2v) is 7.72. The first-order chi connectivity index (χ1) is 9.79. The Bertz CT molecular complexity index is 733. The second-order valence-electron chi connectivity index (χ2n) is 6.67. The molecule has 0 bridgehead atoms. The van der Waals surface area contributed by atoms with Crippen molar-refractivity contribution in [3.63, 3.8) is 0 Å². The monoisotopic (exact) mass is 303 g/mol. The average Bonchev–Trinajstić information content (AvgIpc) is 2.84. The molecule has 112 valence electrons. The summed E-state index contributed by atoms with van der Waals surface area (Å²) in [6, 6.07) is 1.99. The molecule has 2 aromatic heterocycles. The summed E-state index contributed by atoms with van der Waals surface area (Å²) in [6.45, 7) is 9.09. The summed E-state index contributed by atoms with van der Waals surface area (Å²) < 4.78 is 1.04. The van der Waals surface area contributed by atoms with Crippen molar-refractivity contribution in [2.75, 3.05) is 12.3 Å². The molecule has 3 N–H and O–H groups in total. The van der Waals surface area contributed by atoms with Crippen molar-refractivity contribution in [3.8, 4) is 0 Å². The van der Waals surface area contributed by atoms with Crippen LogP contribution < -0.4 is 11.1 Å². The van der Waals surface area contributed by atoms with Crippen LogP contribution in [0.15, 0.2) is 6.07 Å². The fourth-order valence-corrected chi connectivity index (χ4v) is 4.05. The Balaban J connectivity index is 1.85. The third-order valence-electron chi connectivity index (χ3n) is 4.45. The van der Waals surface area contributed by atoms with E-state index < -0.39 is 0 Å². The van der Waals surface area contributed by atoms with Gasteiger partial charge in [-0.25, -0.2) is 0 Å². The zero-order valence-electron chi connectivity index (χ0n) is 12.9. The minimum Gasteiger partial charge on any atom is -0.397 e. The topological polar surface area (TPSA) is 68.0 Å². The van der Waals surface area contributed by atoms with E-state index in [0.29, 0.717) is 21.9 Å². The van der Waals surface area contributed by atoms with Crippen molar-refractivity contribution >= 4 is 33.0 Å². The maximum absolute atomic E-state index is 12.4. The molecule has 2 aromatic rings. The largest absolute Gasteiger partial charge is 0.397 e. The zero-order chi connectivity index (χ0) is 15.4. The van der Waals surface area contributed by atoms with Crippen LogP contribution in [-0.2, 0) is 0 Å². The number of nitrogens with zero attached hydrogens (tertiary/aromatic N) is 1. The van der Waals surface area contributed by atoms with Crippen molar-refractivity contribution in [1.29, 1.82) is 0 Å². The van der Waals surface area contributed by atoms with E-state index in [1.807, 2.05) is 19.9 Å².